The van der Waals surface area contributed by atoms with Gasteiger partial charge in [-0.15, -0.1) is 0 Å². The van der Waals surface area contributed by atoms with Crippen molar-refractivity contribution in [2.75, 3.05) is 13.1 Å². The molecule has 3 N–H and O–H groups in total. The number of H-pyrrole nitrogens is 1. The third-order valence-corrected chi connectivity index (χ3v) is 7.33. The number of piperidine rings is 1. The summed E-state index contributed by atoms with van der Waals surface area (Å²) in [6.07, 6.45) is 4.18. The Bertz CT molecular complexity index is 1270. The molecule has 1 saturated carbocycles. The topological polar surface area (TPSA) is 124 Å². The Labute approximate surface area is 166 Å². The van der Waals surface area contributed by atoms with Crippen LogP contribution in [0.3, 0.4) is 0 Å². The maximum Gasteiger partial charge on any atom is 0.244 e. The number of hydrogen-bond acceptors (Lipinski definition) is 6. The molecule has 2 fully saturated rings. The number of nitrogens with one attached hydrogen (secondary N) is 3. The number of aromatic nitrogens is 3. The Hall–Kier alpha value is -2.61. The summed E-state index contributed by atoms with van der Waals surface area (Å²) in [4.78, 5) is 11.4. The number of nitrogens with zero attached hydrogens (tertiary/aromatic N) is 3. The molecule has 150 valence electrons. The second-order valence-corrected chi connectivity index (χ2v) is 9.41. The Morgan fingerprint density at radius 2 is 2.00 bits per heavy atom. The van der Waals surface area contributed by atoms with E-state index in [2.05, 4.69) is 25.0 Å². The molecule has 0 bridgehead atoms. The van der Waals surface area contributed by atoms with Crippen LogP contribution >= 0.6 is 0 Å². The highest BCUT2D eigenvalue weighted by molar-refractivity contribution is 7.89. The predicted molar refractivity (Wildman–Crippen MR) is 104 cm³/mol. The SMILES string of the molecule is N#CC1(NS(=O)(=O)c2cc3[nH]c4ncnc(C5CCNCC5)c4c3cc2F)CC1. The largest absolute Gasteiger partial charge is 0.339 e. The van der Waals surface area contributed by atoms with Crippen LogP contribution in [0.1, 0.15) is 37.3 Å². The van der Waals surface area contributed by atoms with Gasteiger partial charge in [-0.05, 0) is 50.9 Å². The van der Waals surface area contributed by atoms with Crippen molar-refractivity contribution < 1.29 is 12.8 Å². The molecule has 1 aliphatic carbocycles. The lowest BCUT2D eigenvalue weighted by Gasteiger charge is -2.22. The predicted octanol–water partition coefficient (Wildman–Crippen LogP) is 2.05. The van der Waals surface area contributed by atoms with E-state index in [-0.39, 0.29) is 5.92 Å². The lowest BCUT2D eigenvalue weighted by molar-refractivity contribution is 0.455. The smallest absolute Gasteiger partial charge is 0.244 e. The van der Waals surface area contributed by atoms with Gasteiger partial charge in [-0.2, -0.15) is 9.98 Å². The zero-order chi connectivity index (χ0) is 20.2. The van der Waals surface area contributed by atoms with Gasteiger partial charge in [0.05, 0.1) is 11.8 Å². The van der Waals surface area contributed by atoms with Crippen LogP contribution in [0.25, 0.3) is 21.9 Å². The summed E-state index contributed by atoms with van der Waals surface area (Å²) >= 11 is 0. The second-order valence-electron chi connectivity index (χ2n) is 7.76. The number of benzene rings is 1. The van der Waals surface area contributed by atoms with E-state index in [1.165, 1.54) is 18.5 Å². The average Bonchev–Trinajstić information content (AvgIpc) is 3.39. The first-order chi connectivity index (χ1) is 13.9. The van der Waals surface area contributed by atoms with Crippen LogP contribution < -0.4 is 10.0 Å². The summed E-state index contributed by atoms with van der Waals surface area (Å²) < 4.78 is 42.6. The van der Waals surface area contributed by atoms with Crippen LogP contribution in [0, 0.1) is 17.1 Å². The van der Waals surface area contributed by atoms with Crippen LogP contribution in [0.5, 0.6) is 0 Å². The summed E-state index contributed by atoms with van der Waals surface area (Å²) in [5.74, 6) is -0.626. The molecule has 0 atom stereocenters. The van der Waals surface area contributed by atoms with E-state index in [9.17, 15) is 12.8 Å². The lowest BCUT2D eigenvalue weighted by Crippen LogP contribution is -2.36. The molecule has 8 nitrogen and oxygen atoms in total. The molecular weight excluding hydrogens is 395 g/mol. The van der Waals surface area contributed by atoms with Crippen LogP contribution in [0.4, 0.5) is 4.39 Å². The molecule has 10 heteroatoms. The molecule has 5 rings (SSSR count). The fourth-order valence-corrected chi connectivity index (χ4v) is 5.50. The first-order valence-corrected chi connectivity index (χ1v) is 11.0. The van der Waals surface area contributed by atoms with E-state index in [1.54, 1.807) is 0 Å². The standard InChI is InChI=1S/C19H19FN6O2S/c20-13-7-12-14(8-15(13)29(27,28)26-19(9-21)3-4-19)25-18-16(12)17(23-10-24-18)11-1-5-22-6-2-11/h7-8,10-11,22,26H,1-6H2,(H,23,24,25). The highest BCUT2D eigenvalue weighted by atomic mass is 32.2. The minimum atomic E-state index is -4.17. The Morgan fingerprint density at radius 1 is 1.24 bits per heavy atom. The fourth-order valence-electron chi connectivity index (χ4n) is 4.04. The summed E-state index contributed by atoms with van der Waals surface area (Å²) in [5.41, 5.74) is 0.770. The molecule has 1 aromatic carbocycles. The van der Waals surface area contributed by atoms with E-state index in [0.717, 1.165) is 37.0 Å². The fraction of sp³-hybridized carbons (Fsp3) is 0.421. The number of aromatic amines is 1. The monoisotopic (exact) mass is 414 g/mol. The van der Waals surface area contributed by atoms with Crippen LogP contribution in [-0.4, -0.2) is 42.0 Å². The van der Waals surface area contributed by atoms with Gasteiger partial charge in [0, 0.05) is 22.2 Å². The van der Waals surface area contributed by atoms with Crippen LogP contribution in [0.15, 0.2) is 23.4 Å². The average molecular weight is 414 g/mol. The first-order valence-electron chi connectivity index (χ1n) is 9.54. The Kier molecular flexibility index (Phi) is 4.10. The molecule has 0 unspecified atom stereocenters. The maximum absolute atomic E-state index is 14.9. The molecule has 2 aliphatic rings. The highest BCUT2D eigenvalue weighted by Crippen LogP contribution is 2.38. The molecule has 0 spiro atoms. The van der Waals surface area contributed by atoms with Gasteiger partial charge in [-0.3, -0.25) is 0 Å². The molecule has 1 aliphatic heterocycles. The van der Waals surface area contributed by atoms with Crippen molar-refractivity contribution in [1.29, 1.82) is 5.26 Å². The van der Waals surface area contributed by atoms with E-state index in [4.69, 9.17) is 5.26 Å². The van der Waals surface area contributed by atoms with Gasteiger partial charge in [0.2, 0.25) is 10.0 Å². The van der Waals surface area contributed by atoms with Crippen LogP contribution in [-0.2, 0) is 10.0 Å². The second kappa shape index (κ2) is 6.45. The number of nitriles is 1. The third kappa shape index (κ3) is 3.06. The Balaban J connectivity index is 1.65. The highest BCUT2D eigenvalue weighted by Gasteiger charge is 2.47. The zero-order valence-electron chi connectivity index (χ0n) is 15.5. The molecule has 2 aromatic heterocycles. The van der Waals surface area contributed by atoms with Gasteiger partial charge >= 0.3 is 0 Å². The van der Waals surface area contributed by atoms with Gasteiger partial charge in [0.25, 0.3) is 0 Å². The molecule has 3 heterocycles. The first kappa shape index (κ1) is 18.4. The molecular formula is C19H19FN6O2S. The molecule has 0 amide bonds. The van der Waals surface area contributed by atoms with Gasteiger partial charge in [0.15, 0.2) is 0 Å². The van der Waals surface area contributed by atoms with E-state index >= 15 is 0 Å². The summed E-state index contributed by atoms with van der Waals surface area (Å²) in [6, 6.07) is 4.45. The van der Waals surface area contributed by atoms with Gasteiger partial charge in [-0.25, -0.2) is 22.8 Å². The van der Waals surface area contributed by atoms with E-state index in [0.29, 0.717) is 29.4 Å². The van der Waals surface area contributed by atoms with Crippen molar-refractivity contribution in [1.82, 2.24) is 25.0 Å². The quantitative estimate of drug-likeness (QED) is 0.600. The number of fused-ring (bicyclic) bond motifs is 3. The minimum Gasteiger partial charge on any atom is -0.339 e. The number of rotatable bonds is 4. The number of sulfonamides is 1. The van der Waals surface area contributed by atoms with Gasteiger partial charge in [0.1, 0.15) is 28.2 Å². The van der Waals surface area contributed by atoms with Crippen molar-refractivity contribution in [3.8, 4) is 6.07 Å². The summed E-state index contributed by atoms with van der Waals surface area (Å²) in [7, 11) is -4.17. The van der Waals surface area contributed by atoms with E-state index < -0.39 is 26.3 Å². The normalized spacial score (nSPS) is 19.4. The maximum atomic E-state index is 14.9. The van der Waals surface area contributed by atoms with Crippen molar-refractivity contribution in [3.63, 3.8) is 0 Å². The molecule has 0 radical (unpaired) electrons. The molecule has 3 aromatic rings. The van der Waals surface area contributed by atoms with Crippen molar-refractivity contribution in [2.24, 2.45) is 0 Å². The third-order valence-electron chi connectivity index (χ3n) is 5.78. The molecule has 1 saturated heterocycles. The summed E-state index contributed by atoms with van der Waals surface area (Å²) in [5, 5.41) is 13.8. The Morgan fingerprint density at radius 3 is 2.69 bits per heavy atom. The van der Waals surface area contributed by atoms with Gasteiger partial charge < -0.3 is 10.3 Å². The van der Waals surface area contributed by atoms with Crippen molar-refractivity contribution >= 4 is 32.0 Å². The summed E-state index contributed by atoms with van der Waals surface area (Å²) in [6.45, 7) is 1.78. The molecule has 29 heavy (non-hydrogen) atoms. The number of halogens is 1. The lowest BCUT2D eigenvalue weighted by atomic mass is 9.92. The van der Waals surface area contributed by atoms with Gasteiger partial charge in [-0.1, -0.05) is 0 Å². The number of hydrogen-bond donors (Lipinski definition) is 3. The van der Waals surface area contributed by atoms with Crippen LogP contribution in [0.2, 0.25) is 0 Å². The van der Waals surface area contributed by atoms with Crippen molar-refractivity contribution in [2.45, 2.75) is 42.0 Å². The van der Waals surface area contributed by atoms with E-state index in [1.807, 2.05) is 6.07 Å². The van der Waals surface area contributed by atoms with Crippen molar-refractivity contribution in [3.05, 3.63) is 30.0 Å². The zero-order valence-corrected chi connectivity index (χ0v) is 16.3. The minimum absolute atomic E-state index is 0.235.